The van der Waals surface area contributed by atoms with E-state index >= 15 is 0 Å². The minimum Gasteiger partial charge on any atom is -0.457 e. The van der Waals surface area contributed by atoms with E-state index in [1.54, 1.807) is 36.4 Å². The summed E-state index contributed by atoms with van der Waals surface area (Å²) in [6, 6.07) is 20.0. The Labute approximate surface area is 149 Å². The number of ether oxygens (including phenoxy) is 1. The number of nitrogens with one attached hydrogen (secondary N) is 2. The van der Waals surface area contributed by atoms with E-state index in [1.165, 1.54) is 11.3 Å². The van der Waals surface area contributed by atoms with E-state index in [2.05, 4.69) is 10.6 Å². The van der Waals surface area contributed by atoms with Crippen LogP contribution in [0.2, 0.25) is 0 Å². The fraction of sp³-hybridized carbons (Fsp3) is 0.0526. The second-order valence-electron chi connectivity index (χ2n) is 5.15. The van der Waals surface area contributed by atoms with Crippen molar-refractivity contribution in [3.63, 3.8) is 0 Å². The molecule has 1 aromatic heterocycles. The maximum Gasteiger partial charge on any atom is 0.261 e. The lowest BCUT2D eigenvalue weighted by Gasteiger charge is -2.08. The van der Waals surface area contributed by atoms with E-state index in [9.17, 15) is 9.59 Å². The number of carbonyl (C=O) groups excluding carboxylic acids is 2. The predicted molar refractivity (Wildman–Crippen MR) is 98.2 cm³/mol. The number of amides is 2. The molecular weight excluding hydrogens is 336 g/mol. The Morgan fingerprint density at radius 2 is 1.60 bits per heavy atom. The lowest BCUT2D eigenvalue weighted by molar-refractivity contribution is -0.115. The largest absolute Gasteiger partial charge is 0.457 e. The summed E-state index contributed by atoms with van der Waals surface area (Å²) >= 11 is 1.33. The van der Waals surface area contributed by atoms with Gasteiger partial charge in [-0.2, -0.15) is 0 Å². The first kappa shape index (κ1) is 16.7. The van der Waals surface area contributed by atoms with Crippen LogP contribution in [-0.4, -0.2) is 18.4 Å². The summed E-state index contributed by atoms with van der Waals surface area (Å²) in [5.41, 5.74) is 0.635. The van der Waals surface area contributed by atoms with Crippen LogP contribution < -0.4 is 15.4 Å². The molecule has 2 aromatic carbocycles. The summed E-state index contributed by atoms with van der Waals surface area (Å²) in [4.78, 5) is 24.3. The third-order valence-corrected chi connectivity index (χ3v) is 4.14. The zero-order valence-electron chi connectivity index (χ0n) is 13.3. The van der Waals surface area contributed by atoms with Crippen molar-refractivity contribution < 1.29 is 14.3 Å². The Morgan fingerprint density at radius 1 is 0.880 bits per heavy atom. The van der Waals surface area contributed by atoms with Gasteiger partial charge in [-0.3, -0.25) is 9.59 Å². The highest BCUT2D eigenvalue weighted by Gasteiger charge is 2.09. The van der Waals surface area contributed by atoms with Gasteiger partial charge in [-0.05, 0) is 47.8 Å². The van der Waals surface area contributed by atoms with Crippen LogP contribution in [-0.2, 0) is 4.79 Å². The standard InChI is InChI=1S/C19H16N2O3S/c22-18(13-20-19(23)17-7-4-12-25-17)21-14-8-10-16(11-9-14)24-15-5-2-1-3-6-15/h1-12H,13H2,(H,20,23)(H,21,22). The van der Waals surface area contributed by atoms with E-state index < -0.39 is 0 Å². The molecule has 0 radical (unpaired) electrons. The van der Waals surface area contributed by atoms with Gasteiger partial charge in [0.2, 0.25) is 5.91 Å². The molecule has 0 aliphatic rings. The Hall–Kier alpha value is -3.12. The van der Waals surface area contributed by atoms with Crippen molar-refractivity contribution in [3.05, 3.63) is 77.0 Å². The zero-order valence-corrected chi connectivity index (χ0v) is 14.1. The van der Waals surface area contributed by atoms with Gasteiger partial charge in [0.05, 0.1) is 11.4 Å². The van der Waals surface area contributed by atoms with Gasteiger partial charge in [-0.15, -0.1) is 11.3 Å². The molecule has 3 rings (SSSR count). The molecule has 2 amide bonds. The van der Waals surface area contributed by atoms with Crippen molar-refractivity contribution in [2.45, 2.75) is 0 Å². The first-order chi connectivity index (χ1) is 12.2. The van der Waals surface area contributed by atoms with Crippen molar-refractivity contribution in [2.75, 3.05) is 11.9 Å². The third-order valence-electron chi connectivity index (χ3n) is 3.27. The molecule has 0 saturated carbocycles. The number of thiophene rings is 1. The first-order valence-corrected chi connectivity index (χ1v) is 8.53. The smallest absolute Gasteiger partial charge is 0.261 e. The zero-order chi connectivity index (χ0) is 17.5. The first-order valence-electron chi connectivity index (χ1n) is 7.65. The van der Waals surface area contributed by atoms with Gasteiger partial charge in [0.1, 0.15) is 11.5 Å². The maximum absolute atomic E-state index is 11.9. The van der Waals surface area contributed by atoms with Gasteiger partial charge in [0, 0.05) is 5.69 Å². The number of hydrogen-bond donors (Lipinski definition) is 2. The van der Waals surface area contributed by atoms with Crippen LogP contribution in [0.15, 0.2) is 72.1 Å². The van der Waals surface area contributed by atoms with Crippen LogP contribution in [0.3, 0.4) is 0 Å². The summed E-state index contributed by atoms with van der Waals surface area (Å²) in [6.45, 7) is -0.0843. The summed E-state index contributed by atoms with van der Waals surface area (Å²) in [5.74, 6) is 0.879. The molecule has 5 nitrogen and oxygen atoms in total. The summed E-state index contributed by atoms with van der Waals surface area (Å²) in [5, 5.41) is 7.13. The van der Waals surface area contributed by atoms with Crippen molar-refractivity contribution in [3.8, 4) is 11.5 Å². The fourth-order valence-electron chi connectivity index (χ4n) is 2.09. The number of anilines is 1. The number of rotatable bonds is 6. The Kier molecular flexibility index (Phi) is 5.43. The van der Waals surface area contributed by atoms with Crippen LogP contribution in [0.4, 0.5) is 5.69 Å². The Bertz CT molecular complexity index is 831. The van der Waals surface area contributed by atoms with Crippen LogP contribution in [0.1, 0.15) is 9.67 Å². The average molecular weight is 352 g/mol. The van der Waals surface area contributed by atoms with Crippen molar-refractivity contribution in [1.82, 2.24) is 5.32 Å². The average Bonchev–Trinajstić information content (AvgIpc) is 3.17. The Balaban J connectivity index is 1.49. The lowest BCUT2D eigenvalue weighted by Crippen LogP contribution is -2.32. The van der Waals surface area contributed by atoms with Gasteiger partial charge in [0.15, 0.2) is 0 Å². The van der Waals surface area contributed by atoms with E-state index in [-0.39, 0.29) is 18.4 Å². The molecule has 1 heterocycles. The number of hydrogen-bond acceptors (Lipinski definition) is 4. The normalized spacial score (nSPS) is 10.1. The SMILES string of the molecule is O=C(CNC(=O)c1cccs1)Nc1ccc(Oc2ccccc2)cc1. The maximum atomic E-state index is 11.9. The topological polar surface area (TPSA) is 67.4 Å². The molecule has 0 unspecified atom stereocenters. The number of carbonyl (C=O) groups is 2. The van der Waals surface area contributed by atoms with E-state index in [4.69, 9.17) is 4.74 Å². The minimum atomic E-state index is -0.290. The molecule has 0 saturated heterocycles. The fourth-order valence-corrected chi connectivity index (χ4v) is 2.73. The quantitative estimate of drug-likeness (QED) is 0.707. The number of para-hydroxylation sites is 1. The molecule has 0 aliphatic heterocycles. The molecule has 0 atom stereocenters. The number of benzene rings is 2. The molecule has 6 heteroatoms. The summed E-state index contributed by atoms with van der Waals surface area (Å²) in [6.07, 6.45) is 0. The molecular formula is C19H16N2O3S. The molecule has 3 aromatic rings. The Morgan fingerprint density at radius 3 is 2.28 bits per heavy atom. The van der Waals surface area contributed by atoms with Crippen molar-refractivity contribution >= 4 is 28.8 Å². The minimum absolute atomic E-state index is 0.0843. The van der Waals surface area contributed by atoms with Crippen molar-refractivity contribution in [2.24, 2.45) is 0 Å². The van der Waals surface area contributed by atoms with Crippen LogP contribution in [0.25, 0.3) is 0 Å². The molecule has 126 valence electrons. The van der Waals surface area contributed by atoms with E-state index in [0.717, 1.165) is 5.75 Å². The second kappa shape index (κ2) is 8.12. The van der Waals surface area contributed by atoms with E-state index in [1.807, 2.05) is 35.7 Å². The second-order valence-corrected chi connectivity index (χ2v) is 6.10. The molecule has 0 spiro atoms. The summed E-state index contributed by atoms with van der Waals surface area (Å²) in [7, 11) is 0. The van der Waals surface area contributed by atoms with Crippen LogP contribution in [0, 0.1) is 0 Å². The van der Waals surface area contributed by atoms with Gasteiger partial charge in [-0.25, -0.2) is 0 Å². The van der Waals surface area contributed by atoms with Gasteiger partial charge in [-0.1, -0.05) is 24.3 Å². The van der Waals surface area contributed by atoms with Crippen LogP contribution in [0.5, 0.6) is 11.5 Å². The molecule has 0 aliphatic carbocycles. The molecule has 0 bridgehead atoms. The molecule has 25 heavy (non-hydrogen) atoms. The highest BCUT2D eigenvalue weighted by Crippen LogP contribution is 2.22. The third kappa shape index (κ3) is 4.92. The lowest BCUT2D eigenvalue weighted by atomic mass is 10.3. The highest BCUT2D eigenvalue weighted by molar-refractivity contribution is 7.12. The monoisotopic (exact) mass is 352 g/mol. The predicted octanol–water partition coefficient (Wildman–Crippen LogP) is 3.91. The molecule has 2 N–H and O–H groups in total. The van der Waals surface area contributed by atoms with Gasteiger partial charge in [0.25, 0.3) is 5.91 Å². The molecule has 0 fully saturated rings. The van der Waals surface area contributed by atoms with Gasteiger partial charge >= 0.3 is 0 Å². The highest BCUT2D eigenvalue weighted by atomic mass is 32.1. The van der Waals surface area contributed by atoms with E-state index in [0.29, 0.717) is 16.3 Å². The van der Waals surface area contributed by atoms with Crippen molar-refractivity contribution in [1.29, 1.82) is 0 Å². The van der Waals surface area contributed by atoms with Crippen LogP contribution >= 0.6 is 11.3 Å². The summed E-state index contributed by atoms with van der Waals surface area (Å²) < 4.78 is 5.69. The van der Waals surface area contributed by atoms with Gasteiger partial charge < -0.3 is 15.4 Å².